The Labute approximate surface area is 123 Å². The zero-order chi connectivity index (χ0) is 14.8. The van der Waals surface area contributed by atoms with Crippen molar-refractivity contribution in [2.75, 3.05) is 17.7 Å². The number of nitrogen functional groups attached to an aromatic ring is 1. The van der Waals surface area contributed by atoms with Gasteiger partial charge in [0.05, 0.1) is 12.3 Å². The Morgan fingerprint density at radius 1 is 1.33 bits per heavy atom. The van der Waals surface area contributed by atoms with E-state index < -0.39 is 0 Å². The number of nitrogens with zero attached hydrogens (tertiary/aromatic N) is 1. The molecule has 3 N–H and O–H groups in total. The lowest BCUT2D eigenvalue weighted by Crippen LogP contribution is -2.05. The van der Waals surface area contributed by atoms with Gasteiger partial charge in [0.25, 0.3) is 0 Å². The first kappa shape index (κ1) is 13.7. The van der Waals surface area contributed by atoms with Crippen LogP contribution in [0.2, 0.25) is 0 Å². The highest BCUT2D eigenvalue weighted by Crippen LogP contribution is 2.31. The van der Waals surface area contributed by atoms with E-state index in [0.717, 1.165) is 0 Å². The molecule has 0 aliphatic heterocycles. The molecule has 0 atom stereocenters. The molecule has 0 spiro atoms. The Balaban J connectivity index is 1.74. The molecule has 110 valence electrons. The van der Waals surface area contributed by atoms with E-state index in [1.807, 2.05) is 0 Å². The predicted molar refractivity (Wildman–Crippen MR) is 81.3 cm³/mol. The minimum Gasteiger partial charge on any atom is -0.476 e. The highest BCUT2D eigenvalue weighted by molar-refractivity contribution is 5.61. The number of pyridine rings is 1. The maximum atomic E-state index is 13.5. The van der Waals surface area contributed by atoms with Crippen molar-refractivity contribution < 1.29 is 9.13 Å². The highest BCUT2D eigenvalue weighted by atomic mass is 19.1. The number of rotatable bonds is 5. The van der Waals surface area contributed by atoms with Crippen LogP contribution >= 0.6 is 0 Å². The second kappa shape index (κ2) is 5.60. The van der Waals surface area contributed by atoms with Crippen LogP contribution in [0.4, 0.5) is 21.6 Å². The monoisotopic (exact) mass is 287 g/mol. The summed E-state index contributed by atoms with van der Waals surface area (Å²) in [6.45, 7) is 2.38. The van der Waals surface area contributed by atoms with Crippen molar-refractivity contribution in [1.82, 2.24) is 4.98 Å². The van der Waals surface area contributed by atoms with E-state index in [4.69, 9.17) is 10.5 Å². The molecule has 1 aliphatic rings. The molecular formula is C16H18FN3O. The van der Waals surface area contributed by atoms with Gasteiger partial charge in [0.15, 0.2) is 0 Å². The van der Waals surface area contributed by atoms with Crippen LogP contribution in [0.15, 0.2) is 30.3 Å². The molecule has 0 bridgehead atoms. The first-order chi connectivity index (χ1) is 10.1. The minimum atomic E-state index is -0.249. The van der Waals surface area contributed by atoms with E-state index in [-0.39, 0.29) is 5.82 Å². The van der Waals surface area contributed by atoms with E-state index in [2.05, 4.69) is 10.3 Å². The number of anilines is 3. The molecule has 1 saturated carbocycles. The number of ether oxygens (including phenoxy) is 1. The Bertz CT molecular complexity index is 656. The van der Waals surface area contributed by atoms with Gasteiger partial charge in [-0.3, -0.25) is 0 Å². The van der Waals surface area contributed by atoms with Crippen LogP contribution < -0.4 is 15.8 Å². The van der Waals surface area contributed by atoms with Crippen LogP contribution in [-0.2, 0) is 0 Å². The average Bonchev–Trinajstić information content (AvgIpc) is 3.28. The van der Waals surface area contributed by atoms with Crippen molar-refractivity contribution in [3.8, 4) is 5.88 Å². The van der Waals surface area contributed by atoms with Crippen molar-refractivity contribution in [1.29, 1.82) is 0 Å². The molecule has 0 radical (unpaired) electrons. The third-order valence-electron chi connectivity index (χ3n) is 3.49. The molecule has 21 heavy (non-hydrogen) atoms. The number of aromatic nitrogens is 1. The SMILES string of the molecule is Cc1ccc(Nc2ccc(N)c(OCC3CC3)n2)cc1F. The largest absolute Gasteiger partial charge is 0.476 e. The number of halogens is 1. The molecule has 5 heteroatoms. The number of hydrogen-bond donors (Lipinski definition) is 2. The fourth-order valence-corrected chi connectivity index (χ4v) is 1.94. The predicted octanol–water partition coefficient (Wildman–Crippen LogP) is 3.64. The van der Waals surface area contributed by atoms with Crippen LogP contribution in [-0.4, -0.2) is 11.6 Å². The summed E-state index contributed by atoms with van der Waals surface area (Å²) < 4.78 is 19.2. The number of nitrogens with two attached hydrogens (primary N) is 1. The second-order valence-corrected chi connectivity index (χ2v) is 5.43. The average molecular weight is 287 g/mol. The van der Waals surface area contributed by atoms with Gasteiger partial charge in [-0.05, 0) is 55.5 Å². The molecule has 1 aromatic carbocycles. The highest BCUT2D eigenvalue weighted by Gasteiger charge is 2.22. The summed E-state index contributed by atoms with van der Waals surface area (Å²) in [7, 11) is 0. The maximum Gasteiger partial charge on any atom is 0.239 e. The van der Waals surface area contributed by atoms with Crippen molar-refractivity contribution in [3.63, 3.8) is 0 Å². The van der Waals surface area contributed by atoms with E-state index in [0.29, 0.717) is 41.2 Å². The van der Waals surface area contributed by atoms with Gasteiger partial charge in [-0.2, -0.15) is 4.98 Å². The van der Waals surface area contributed by atoms with Gasteiger partial charge in [0, 0.05) is 5.69 Å². The summed E-state index contributed by atoms with van der Waals surface area (Å²) in [5.41, 5.74) is 7.62. The molecule has 2 aromatic rings. The third kappa shape index (κ3) is 3.42. The van der Waals surface area contributed by atoms with Crippen molar-refractivity contribution in [2.45, 2.75) is 19.8 Å². The molecule has 1 aliphatic carbocycles. The van der Waals surface area contributed by atoms with E-state index >= 15 is 0 Å². The van der Waals surface area contributed by atoms with Crippen molar-refractivity contribution in [2.24, 2.45) is 5.92 Å². The van der Waals surface area contributed by atoms with Crippen LogP contribution in [0.25, 0.3) is 0 Å². The molecule has 1 fully saturated rings. The fourth-order valence-electron chi connectivity index (χ4n) is 1.94. The first-order valence-corrected chi connectivity index (χ1v) is 7.04. The Morgan fingerprint density at radius 3 is 2.86 bits per heavy atom. The third-order valence-corrected chi connectivity index (χ3v) is 3.49. The van der Waals surface area contributed by atoms with Gasteiger partial charge in [-0.15, -0.1) is 0 Å². The Morgan fingerprint density at radius 2 is 2.14 bits per heavy atom. The van der Waals surface area contributed by atoms with Gasteiger partial charge in [0.1, 0.15) is 11.6 Å². The zero-order valence-electron chi connectivity index (χ0n) is 11.9. The lowest BCUT2D eigenvalue weighted by molar-refractivity contribution is 0.290. The van der Waals surface area contributed by atoms with Crippen LogP contribution in [0.5, 0.6) is 5.88 Å². The second-order valence-electron chi connectivity index (χ2n) is 5.43. The molecule has 1 aromatic heterocycles. The Kier molecular flexibility index (Phi) is 3.64. The van der Waals surface area contributed by atoms with E-state index in [9.17, 15) is 4.39 Å². The minimum absolute atomic E-state index is 0.249. The molecule has 4 nitrogen and oxygen atoms in total. The van der Waals surface area contributed by atoms with Crippen LogP contribution in [0.3, 0.4) is 0 Å². The Hall–Kier alpha value is -2.30. The van der Waals surface area contributed by atoms with Gasteiger partial charge in [-0.1, -0.05) is 6.07 Å². The standard InChI is InChI=1S/C16H18FN3O/c1-10-2-5-12(8-13(10)17)19-15-7-6-14(18)16(20-15)21-9-11-3-4-11/h2,5-8,11H,3-4,9,18H2,1H3,(H,19,20). The van der Waals surface area contributed by atoms with Crippen molar-refractivity contribution in [3.05, 3.63) is 41.7 Å². The van der Waals surface area contributed by atoms with Gasteiger partial charge >= 0.3 is 0 Å². The number of aryl methyl sites for hydroxylation is 1. The number of hydrogen-bond acceptors (Lipinski definition) is 4. The summed E-state index contributed by atoms with van der Waals surface area (Å²) in [5.74, 6) is 1.40. The van der Waals surface area contributed by atoms with E-state index in [1.54, 1.807) is 31.2 Å². The smallest absolute Gasteiger partial charge is 0.239 e. The lowest BCUT2D eigenvalue weighted by atomic mass is 10.2. The van der Waals surface area contributed by atoms with Crippen LogP contribution in [0.1, 0.15) is 18.4 Å². The van der Waals surface area contributed by atoms with Crippen LogP contribution in [0, 0.1) is 18.7 Å². The number of benzene rings is 1. The summed E-state index contributed by atoms with van der Waals surface area (Å²) in [5, 5.41) is 3.06. The normalized spacial score (nSPS) is 14.0. The van der Waals surface area contributed by atoms with Gasteiger partial charge in [0.2, 0.25) is 5.88 Å². The topological polar surface area (TPSA) is 60.2 Å². The van der Waals surface area contributed by atoms with Crippen molar-refractivity contribution >= 4 is 17.2 Å². The molecule has 3 rings (SSSR count). The fraction of sp³-hybridized carbons (Fsp3) is 0.312. The first-order valence-electron chi connectivity index (χ1n) is 7.04. The summed E-state index contributed by atoms with van der Waals surface area (Å²) in [6.07, 6.45) is 2.42. The quantitative estimate of drug-likeness (QED) is 0.881. The number of nitrogens with one attached hydrogen (secondary N) is 1. The van der Waals surface area contributed by atoms with Gasteiger partial charge in [-0.25, -0.2) is 4.39 Å². The maximum absolute atomic E-state index is 13.5. The van der Waals surface area contributed by atoms with E-state index in [1.165, 1.54) is 18.9 Å². The summed E-state index contributed by atoms with van der Waals surface area (Å²) >= 11 is 0. The molecule has 0 unspecified atom stereocenters. The molecule has 0 amide bonds. The zero-order valence-corrected chi connectivity index (χ0v) is 11.9. The molecule has 1 heterocycles. The summed E-state index contributed by atoms with van der Waals surface area (Å²) in [6, 6.07) is 8.46. The summed E-state index contributed by atoms with van der Waals surface area (Å²) in [4.78, 5) is 4.34. The lowest BCUT2D eigenvalue weighted by Gasteiger charge is -2.11. The molecule has 0 saturated heterocycles. The van der Waals surface area contributed by atoms with Gasteiger partial charge < -0.3 is 15.8 Å². The molecular weight excluding hydrogens is 269 g/mol.